The van der Waals surface area contributed by atoms with E-state index in [1.54, 1.807) is 24.3 Å². The summed E-state index contributed by atoms with van der Waals surface area (Å²) < 4.78 is 25.6. The van der Waals surface area contributed by atoms with E-state index in [1.807, 2.05) is 6.07 Å². The van der Waals surface area contributed by atoms with Crippen molar-refractivity contribution in [2.24, 2.45) is 5.92 Å². The Morgan fingerprint density at radius 2 is 2.04 bits per heavy atom. The van der Waals surface area contributed by atoms with Crippen LogP contribution >= 0.6 is 0 Å². The number of Topliss-reactive ketones (excluding diaryl/α,β-unsaturated/α-hetero) is 1. The first-order valence-corrected chi connectivity index (χ1v) is 8.72. The molecule has 0 bridgehead atoms. The minimum absolute atomic E-state index is 0.138. The van der Waals surface area contributed by atoms with Crippen LogP contribution in [0.4, 0.5) is 4.39 Å². The van der Waals surface area contributed by atoms with Gasteiger partial charge in [0.2, 0.25) is 5.78 Å². The number of ketones is 1. The highest BCUT2D eigenvalue weighted by molar-refractivity contribution is 6.15. The quantitative estimate of drug-likeness (QED) is 0.774. The van der Waals surface area contributed by atoms with E-state index >= 15 is 0 Å². The van der Waals surface area contributed by atoms with Crippen LogP contribution in [0.1, 0.15) is 35.3 Å². The monoisotopic (exact) mass is 353 g/mol. The molecule has 26 heavy (non-hydrogen) atoms. The van der Waals surface area contributed by atoms with Crippen LogP contribution in [0.3, 0.4) is 0 Å². The Hall–Kier alpha value is -2.66. The molecule has 2 aliphatic heterocycles. The minimum Gasteiger partial charge on any atom is -0.478 e. The molecule has 0 saturated carbocycles. The van der Waals surface area contributed by atoms with Crippen molar-refractivity contribution >= 4 is 11.9 Å². The van der Waals surface area contributed by atoms with E-state index in [1.165, 1.54) is 12.1 Å². The van der Waals surface area contributed by atoms with Crippen molar-refractivity contribution in [2.45, 2.75) is 20.4 Å². The van der Waals surface area contributed by atoms with Crippen LogP contribution in [0, 0.1) is 11.7 Å². The number of carbonyl (C=O) groups excluding carboxylic acids is 1. The van der Waals surface area contributed by atoms with Gasteiger partial charge in [-0.15, -0.1) is 0 Å². The molecule has 4 nitrogen and oxygen atoms in total. The Kier molecular flexibility index (Phi) is 4.24. The summed E-state index contributed by atoms with van der Waals surface area (Å²) in [5, 5.41) is 0. The van der Waals surface area contributed by atoms with Gasteiger partial charge in [0, 0.05) is 18.7 Å². The number of rotatable bonds is 3. The highest BCUT2D eigenvalue weighted by Gasteiger charge is 2.33. The number of halogens is 1. The highest BCUT2D eigenvalue weighted by atomic mass is 19.1. The number of fused-ring (bicyclic) bond motifs is 3. The van der Waals surface area contributed by atoms with Crippen LogP contribution in [0.15, 0.2) is 42.2 Å². The second-order valence-electron chi connectivity index (χ2n) is 7.06. The molecule has 2 aromatic carbocycles. The van der Waals surface area contributed by atoms with Gasteiger partial charge >= 0.3 is 0 Å². The van der Waals surface area contributed by atoms with Gasteiger partial charge in [0.15, 0.2) is 5.76 Å². The van der Waals surface area contributed by atoms with Crippen molar-refractivity contribution < 1.29 is 18.7 Å². The van der Waals surface area contributed by atoms with Gasteiger partial charge in [-0.05, 0) is 30.2 Å². The van der Waals surface area contributed by atoms with Crippen LogP contribution in [-0.4, -0.2) is 24.0 Å². The van der Waals surface area contributed by atoms with E-state index in [0.717, 1.165) is 17.9 Å². The standard InChI is InChI=1S/C21H20FNO3/c1-13(2)10-23-11-16-18(25-12-23)8-7-15-20(24)19(26-21(15)16)9-14-5-3-4-6-17(14)22/h3-9,13H,10-12H2,1-2H3/b19-9-. The van der Waals surface area contributed by atoms with Gasteiger partial charge in [0.25, 0.3) is 0 Å². The number of allylic oxidation sites excluding steroid dienone is 1. The normalized spacial score (nSPS) is 17.8. The van der Waals surface area contributed by atoms with E-state index in [0.29, 0.717) is 36.1 Å². The van der Waals surface area contributed by atoms with Crippen molar-refractivity contribution in [3.05, 3.63) is 64.7 Å². The molecule has 0 aliphatic carbocycles. The molecule has 0 saturated heterocycles. The predicted octanol–water partition coefficient (Wildman–Crippen LogP) is 4.25. The molecule has 0 unspecified atom stereocenters. The molecule has 134 valence electrons. The summed E-state index contributed by atoms with van der Waals surface area (Å²) in [7, 11) is 0. The minimum atomic E-state index is -0.388. The van der Waals surface area contributed by atoms with E-state index in [9.17, 15) is 9.18 Å². The lowest BCUT2D eigenvalue weighted by molar-refractivity contribution is 0.0832. The number of nitrogens with zero attached hydrogens (tertiary/aromatic N) is 1. The lowest BCUT2D eigenvalue weighted by Crippen LogP contribution is -2.34. The second kappa shape index (κ2) is 6.57. The van der Waals surface area contributed by atoms with Crippen molar-refractivity contribution in [1.29, 1.82) is 0 Å². The Morgan fingerprint density at radius 3 is 2.81 bits per heavy atom. The highest BCUT2D eigenvalue weighted by Crippen LogP contribution is 2.42. The molecule has 0 amide bonds. The van der Waals surface area contributed by atoms with Crippen LogP contribution in [0.2, 0.25) is 0 Å². The van der Waals surface area contributed by atoms with Crippen LogP contribution < -0.4 is 9.47 Å². The fourth-order valence-electron chi connectivity index (χ4n) is 3.37. The van der Waals surface area contributed by atoms with Crippen molar-refractivity contribution in [1.82, 2.24) is 4.90 Å². The molecular formula is C21H20FNO3. The Bertz CT molecular complexity index is 904. The number of hydrogen-bond donors (Lipinski definition) is 0. The maximum absolute atomic E-state index is 13.9. The zero-order valence-electron chi connectivity index (χ0n) is 14.8. The Balaban J connectivity index is 1.68. The fraction of sp³-hybridized carbons (Fsp3) is 0.286. The van der Waals surface area contributed by atoms with Crippen molar-refractivity contribution in [2.75, 3.05) is 13.3 Å². The Morgan fingerprint density at radius 1 is 1.23 bits per heavy atom. The molecule has 2 aromatic rings. The molecule has 0 radical (unpaired) electrons. The van der Waals surface area contributed by atoms with E-state index < -0.39 is 0 Å². The second-order valence-corrected chi connectivity index (χ2v) is 7.06. The first-order chi connectivity index (χ1) is 12.5. The SMILES string of the molecule is CC(C)CN1COc2ccc3c(c2C1)O/C(=C\c1ccccc1F)C3=O. The third kappa shape index (κ3) is 2.99. The summed E-state index contributed by atoms with van der Waals surface area (Å²) in [6, 6.07) is 9.84. The molecule has 0 atom stereocenters. The summed E-state index contributed by atoms with van der Waals surface area (Å²) in [6.45, 7) is 6.39. The van der Waals surface area contributed by atoms with Crippen LogP contribution in [-0.2, 0) is 6.54 Å². The molecule has 4 rings (SSSR count). The average Bonchev–Trinajstić information content (AvgIpc) is 2.93. The van der Waals surface area contributed by atoms with E-state index in [-0.39, 0.29) is 17.4 Å². The molecule has 2 heterocycles. The molecular weight excluding hydrogens is 333 g/mol. The lowest BCUT2D eigenvalue weighted by atomic mass is 10.0. The van der Waals surface area contributed by atoms with Gasteiger partial charge in [-0.3, -0.25) is 9.69 Å². The zero-order chi connectivity index (χ0) is 18.3. The average molecular weight is 353 g/mol. The first-order valence-electron chi connectivity index (χ1n) is 8.72. The molecule has 2 aliphatic rings. The lowest BCUT2D eigenvalue weighted by Gasteiger charge is -2.30. The molecule has 0 spiro atoms. The van der Waals surface area contributed by atoms with E-state index in [4.69, 9.17) is 9.47 Å². The number of benzene rings is 2. The zero-order valence-corrected chi connectivity index (χ0v) is 14.8. The molecule has 5 heteroatoms. The summed E-state index contributed by atoms with van der Waals surface area (Å²) >= 11 is 0. The number of hydrogen-bond acceptors (Lipinski definition) is 4. The third-order valence-electron chi connectivity index (χ3n) is 4.50. The Labute approximate surface area is 151 Å². The van der Waals surface area contributed by atoms with Gasteiger partial charge < -0.3 is 9.47 Å². The summed E-state index contributed by atoms with van der Waals surface area (Å²) in [6.07, 6.45) is 1.46. The maximum Gasteiger partial charge on any atom is 0.231 e. The van der Waals surface area contributed by atoms with Gasteiger partial charge in [0.05, 0.1) is 11.1 Å². The smallest absolute Gasteiger partial charge is 0.231 e. The van der Waals surface area contributed by atoms with Gasteiger partial charge in [0.1, 0.15) is 24.0 Å². The van der Waals surface area contributed by atoms with Crippen LogP contribution in [0.25, 0.3) is 6.08 Å². The fourth-order valence-corrected chi connectivity index (χ4v) is 3.37. The molecule has 0 fully saturated rings. The van der Waals surface area contributed by atoms with Crippen LogP contribution in [0.5, 0.6) is 11.5 Å². The van der Waals surface area contributed by atoms with Gasteiger partial charge in [-0.1, -0.05) is 32.0 Å². The first kappa shape index (κ1) is 16.8. The van der Waals surface area contributed by atoms with Gasteiger partial charge in [-0.2, -0.15) is 0 Å². The number of ether oxygens (including phenoxy) is 2. The van der Waals surface area contributed by atoms with Gasteiger partial charge in [-0.25, -0.2) is 4.39 Å². The number of carbonyl (C=O) groups is 1. The largest absolute Gasteiger partial charge is 0.478 e. The maximum atomic E-state index is 13.9. The topological polar surface area (TPSA) is 38.8 Å². The summed E-state index contributed by atoms with van der Waals surface area (Å²) in [4.78, 5) is 14.9. The van der Waals surface area contributed by atoms with Crippen molar-refractivity contribution in [3.63, 3.8) is 0 Å². The third-order valence-corrected chi connectivity index (χ3v) is 4.50. The molecule has 0 aromatic heterocycles. The summed E-state index contributed by atoms with van der Waals surface area (Å²) in [5.74, 6) is 1.30. The predicted molar refractivity (Wildman–Crippen MR) is 96.5 cm³/mol. The van der Waals surface area contributed by atoms with E-state index in [2.05, 4.69) is 18.7 Å². The summed E-state index contributed by atoms with van der Waals surface area (Å²) in [5.41, 5.74) is 1.70. The molecule has 0 N–H and O–H groups in total. The van der Waals surface area contributed by atoms with Crippen molar-refractivity contribution in [3.8, 4) is 11.5 Å².